The van der Waals surface area contributed by atoms with E-state index in [0.717, 1.165) is 55.8 Å². The molecule has 1 N–H and O–H groups in total. The van der Waals surface area contributed by atoms with Crippen molar-refractivity contribution in [2.45, 2.75) is 97.9 Å². The van der Waals surface area contributed by atoms with Gasteiger partial charge in [-0.2, -0.15) is 0 Å². The molecule has 0 radical (unpaired) electrons. The Labute approximate surface area is 244 Å². The van der Waals surface area contributed by atoms with Crippen molar-refractivity contribution in [3.63, 3.8) is 0 Å². The molecular formula is C35H53N3O2. The van der Waals surface area contributed by atoms with Crippen LogP contribution >= 0.6 is 0 Å². The molecule has 40 heavy (non-hydrogen) atoms. The first-order valence-corrected chi connectivity index (χ1v) is 15.3. The van der Waals surface area contributed by atoms with Gasteiger partial charge in [0.25, 0.3) is 0 Å². The zero-order chi connectivity index (χ0) is 29.1. The lowest BCUT2D eigenvalue weighted by molar-refractivity contribution is -0.128. The smallest absolute Gasteiger partial charge is 0.237 e. The van der Waals surface area contributed by atoms with Crippen molar-refractivity contribution in [2.24, 2.45) is 11.8 Å². The molecule has 1 aliphatic rings. The average molecular weight is 548 g/mol. The Morgan fingerprint density at radius 1 is 1.02 bits per heavy atom. The third kappa shape index (κ3) is 10.3. The lowest BCUT2D eigenvalue weighted by Crippen LogP contribution is -2.58. The summed E-state index contributed by atoms with van der Waals surface area (Å²) < 4.78 is 6.05. The third-order valence-electron chi connectivity index (χ3n) is 7.66. The van der Waals surface area contributed by atoms with Crippen LogP contribution in [0.25, 0.3) is 0 Å². The Balaban J connectivity index is 1.73. The fourth-order valence-corrected chi connectivity index (χ4v) is 5.36. The summed E-state index contributed by atoms with van der Waals surface area (Å²) in [5.41, 5.74) is 1.90. The molecule has 2 aromatic carbocycles. The first-order chi connectivity index (χ1) is 19.0. The summed E-state index contributed by atoms with van der Waals surface area (Å²) in [7, 11) is 2.10. The number of allylic oxidation sites excluding steroid dienone is 1. The Morgan fingerprint density at radius 2 is 1.73 bits per heavy atom. The minimum Gasteiger partial charge on any atom is -0.489 e. The molecule has 0 spiro atoms. The second kappa shape index (κ2) is 15.3. The molecule has 0 fully saturated rings. The van der Waals surface area contributed by atoms with Gasteiger partial charge in [0.15, 0.2) is 0 Å². The van der Waals surface area contributed by atoms with Gasteiger partial charge in [-0.3, -0.25) is 9.69 Å². The van der Waals surface area contributed by atoms with Crippen LogP contribution in [0.5, 0.6) is 5.75 Å². The van der Waals surface area contributed by atoms with Crippen molar-refractivity contribution in [1.82, 2.24) is 10.2 Å². The van der Waals surface area contributed by atoms with Crippen molar-refractivity contribution < 1.29 is 9.53 Å². The summed E-state index contributed by atoms with van der Waals surface area (Å²) in [4.78, 5) is 18.4. The van der Waals surface area contributed by atoms with Crippen LogP contribution in [0, 0.1) is 11.8 Å². The monoisotopic (exact) mass is 547 g/mol. The molecule has 1 unspecified atom stereocenters. The average Bonchev–Trinajstić information content (AvgIpc) is 2.93. The number of ether oxygens (including phenoxy) is 1. The van der Waals surface area contributed by atoms with Gasteiger partial charge >= 0.3 is 0 Å². The van der Waals surface area contributed by atoms with Crippen LogP contribution in [0.2, 0.25) is 0 Å². The van der Waals surface area contributed by atoms with Crippen LogP contribution in [-0.4, -0.2) is 48.6 Å². The van der Waals surface area contributed by atoms with Crippen molar-refractivity contribution in [3.05, 3.63) is 72.3 Å². The number of benzene rings is 2. The lowest BCUT2D eigenvalue weighted by Gasteiger charge is -2.41. The fraction of sp³-hybridized carbons (Fsp3) is 0.571. The molecule has 5 heteroatoms. The second-order valence-electron chi connectivity index (χ2n) is 13.0. The molecule has 2 aromatic rings. The van der Waals surface area contributed by atoms with Gasteiger partial charge in [-0.05, 0) is 101 Å². The Bertz CT molecular complexity index is 1050. The fourth-order valence-electron chi connectivity index (χ4n) is 5.36. The maximum atomic E-state index is 13.7. The van der Waals surface area contributed by atoms with Crippen LogP contribution in [0.1, 0.15) is 79.2 Å². The highest BCUT2D eigenvalue weighted by molar-refractivity contribution is 5.82. The molecule has 0 saturated heterocycles. The molecule has 0 bridgehead atoms. The van der Waals surface area contributed by atoms with E-state index in [2.05, 4.69) is 112 Å². The Hall–Kier alpha value is -2.79. The molecule has 2 atom stereocenters. The molecular weight excluding hydrogens is 494 g/mol. The van der Waals surface area contributed by atoms with Gasteiger partial charge in [-0.25, -0.2) is 0 Å². The summed E-state index contributed by atoms with van der Waals surface area (Å²) in [6.45, 7) is 15.4. The maximum absolute atomic E-state index is 13.7. The summed E-state index contributed by atoms with van der Waals surface area (Å²) in [6, 6.07) is 18.9. The molecule has 1 aliphatic carbocycles. The van der Waals surface area contributed by atoms with E-state index in [1.54, 1.807) is 0 Å². The summed E-state index contributed by atoms with van der Waals surface area (Å²) in [6.07, 6.45) is 10.0. The molecule has 1 amide bonds. The number of nitrogens with one attached hydrogen (secondary N) is 1. The van der Waals surface area contributed by atoms with Crippen LogP contribution in [-0.2, 0) is 11.4 Å². The minimum absolute atomic E-state index is 0.123. The SMILES string of the molecule is CC(C)CCN(C)[C@@H](CC(C)C)C(=O)NC(C)(C)CN(c1ccc(OCc2ccccc2)cc1)C1C=CCCC1. The number of carbonyl (C=O) groups is 1. The van der Waals surface area contributed by atoms with Crippen molar-refractivity contribution >= 4 is 11.6 Å². The number of hydrogen-bond acceptors (Lipinski definition) is 4. The summed E-state index contributed by atoms with van der Waals surface area (Å²) >= 11 is 0. The summed E-state index contributed by atoms with van der Waals surface area (Å²) in [5, 5.41) is 3.45. The van der Waals surface area contributed by atoms with E-state index in [4.69, 9.17) is 4.74 Å². The standard InChI is InChI=1S/C35H53N3O2/c1-27(2)22-23-37(7)33(24-28(3)4)34(39)36-35(5,6)26-38(30-16-12-9-13-17-30)31-18-20-32(21-19-31)40-25-29-14-10-8-11-15-29/h8,10-12,14-16,18-21,27-28,30,33H,9,13,17,22-26H2,1-7H3,(H,36,39)/t30?,33-/m0/s1. The van der Waals surface area contributed by atoms with Crippen molar-refractivity contribution in [1.29, 1.82) is 0 Å². The van der Waals surface area contributed by atoms with Crippen LogP contribution in [0.3, 0.4) is 0 Å². The topological polar surface area (TPSA) is 44.8 Å². The van der Waals surface area contributed by atoms with Gasteiger partial charge in [0.2, 0.25) is 5.91 Å². The molecule has 5 nitrogen and oxygen atoms in total. The number of nitrogens with zero attached hydrogens (tertiary/aromatic N) is 2. The zero-order valence-electron chi connectivity index (χ0n) is 26.0. The first kappa shape index (κ1) is 31.7. The number of rotatable bonds is 15. The van der Waals surface area contributed by atoms with Gasteiger partial charge in [0, 0.05) is 18.3 Å². The molecule has 0 heterocycles. The van der Waals surface area contributed by atoms with E-state index in [0.29, 0.717) is 24.5 Å². The highest BCUT2D eigenvalue weighted by atomic mass is 16.5. The highest BCUT2D eigenvalue weighted by Crippen LogP contribution is 2.28. The van der Waals surface area contributed by atoms with Gasteiger partial charge in [-0.1, -0.05) is 70.2 Å². The normalized spacial score (nSPS) is 16.4. The zero-order valence-corrected chi connectivity index (χ0v) is 26.0. The molecule has 0 saturated carbocycles. The van der Waals surface area contributed by atoms with Crippen LogP contribution in [0.15, 0.2) is 66.7 Å². The van der Waals surface area contributed by atoms with Gasteiger partial charge in [-0.15, -0.1) is 0 Å². The second-order valence-corrected chi connectivity index (χ2v) is 13.0. The van der Waals surface area contributed by atoms with E-state index in [9.17, 15) is 4.79 Å². The largest absolute Gasteiger partial charge is 0.489 e. The number of hydrogen-bond donors (Lipinski definition) is 1. The van der Waals surface area contributed by atoms with Crippen LogP contribution in [0.4, 0.5) is 5.69 Å². The maximum Gasteiger partial charge on any atom is 0.237 e. The Kier molecular flexibility index (Phi) is 12.1. The Morgan fingerprint density at radius 3 is 2.33 bits per heavy atom. The predicted octanol–water partition coefficient (Wildman–Crippen LogP) is 7.47. The lowest BCUT2D eigenvalue weighted by atomic mass is 9.95. The van der Waals surface area contributed by atoms with Crippen LogP contribution < -0.4 is 15.0 Å². The van der Waals surface area contributed by atoms with Crippen molar-refractivity contribution in [3.8, 4) is 5.75 Å². The third-order valence-corrected chi connectivity index (χ3v) is 7.66. The first-order valence-electron chi connectivity index (χ1n) is 15.3. The number of carbonyl (C=O) groups excluding carboxylic acids is 1. The van der Waals surface area contributed by atoms with E-state index < -0.39 is 5.54 Å². The number of amides is 1. The number of anilines is 1. The van der Waals surface area contributed by atoms with E-state index in [1.165, 1.54) is 6.42 Å². The van der Waals surface area contributed by atoms with Crippen molar-refractivity contribution in [2.75, 3.05) is 25.0 Å². The predicted molar refractivity (Wildman–Crippen MR) is 169 cm³/mol. The molecule has 3 rings (SSSR count). The van der Waals surface area contributed by atoms with Gasteiger partial charge < -0.3 is 15.0 Å². The molecule has 0 aliphatic heterocycles. The quantitative estimate of drug-likeness (QED) is 0.235. The van der Waals surface area contributed by atoms with Gasteiger partial charge in [0.1, 0.15) is 12.4 Å². The van der Waals surface area contributed by atoms with E-state index in [-0.39, 0.29) is 11.9 Å². The summed E-state index contributed by atoms with van der Waals surface area (Å²) in [5.74, 6) is 2.06. The molecule has 0 aromatic heterocycles. The van der Waals surface area contributed by atoms with E-state index >= 15 is 0 Å². The molecule has 220 valence electrons. The number of likely N-dealkylation sites (N-methyl/N-ethyl adjacent to an activating group) is 1. The van der Waals surface area contributed by atoms with Gasteiger partial charge in [0.05, 0.1) is 11.6 Å². The minimum atomic E-state index is -0.404. The highest BCUT2D eigenvalue weighted by Gasteiger charge is 2.32. The van der Waals surface area contributed by atoms with E-state index in [1.807, 2.05) is 18.2 Å².